The Balaban J connectivity index is 0.934. The van der Waals surface area contributed by atoms with E-state index in [1.807, 2.05) is 91.3 Å². The second kappa shape index (κ2) is 19.6. The van der Waals surface area contributed by atoms with Crippen molar-refractivity contribution in [3.05, 3.63) is 136 Å². The number of nitrogens with one attached hydrogen (secondary N) is 2. The number of fused-ring (bicyclic) bond motifs is 1. The smallest absolute Gasteiger partial charge is 0.293 e. The number of benzene rings is 4. The number of aromatic nitrogens is 3. The summed E-state index contributed by atoms with van der Waals surface area (Å²) in [6, 6.07) is 29.4. The van der Waals surface area contributed by atoms with Crippen LogP contribution >= 0.6 is 23.4 Å². The fourth-order valence-electron chi connectivity index (χ4n) is 7.62. The molecular formula is C44H46ClN9O5S2. The third-order valence-electron chi connectivity index (χ3n) is 11.0. The number of rotatable bonds is 16. The predicted octanol–water partition coefficient (Wildman–Crippen LogP) is 7.67. The van der Waals surface area contributed by atoms with E-state index in [1.165, 1.54) is 18.5 Å². The average molecular weight is 880 g/mol. The number of hydrogen-bond acceptors (Lipinski definition) is 13. The van der Waals surface area contributed by atoms with Gasteiger partial charge in [0.1, 0.15) is 12.0 Å². The summed E-state index contributed by atoms with van der Waals surface area (Å²) in [4.78, 5) is 32.9. The molecule has 0 spiro atoms. The lowest BCUT2D eigenvalue weighted by Gasteiger charge is -2.36. The van der Waals surface area contributed by atoms with E-state index in [-0.39, 0.29) is 28.1 Å². The molecule has 0 radical (unpaired) electrons. The van der Waals surface area contributed by atoms with Crippen LogP contribution in [0, 0.1) is 10.1 Å². The van der Waals surface area contributed by atoms with Gasteiger partial charge in [0.25, 0.3) is 15.7 Å². The molecular weight excluding hydrogens is 834 g/mol. The number of nitro benzene ring substituents is 1. The van der Waals surface area contributed by atoms with Crippen LogP contribution in [0.4, 0.5) is 22.9 Å². The van der Waals surface area contributed by atoms with E-state index in [0.717, 1.165) is 92.1 Å². The number of nitro groups is 1. The Morgan fingerprint density at radius 2 is 1.67 bits per heavy atom. The van der Waals surface area contributed by atoms with E-state index in [9.17, 15) is 18.5 Å². The number of anilines is 3. The highest BCUT2D eigenvalue weighted by Gasteiger charge is 2.26. The molecule has 2 aliphatic heterocycles. The van der Waals surface area contributed by atoms with Gasteiger partial charge in [-0.1, -0.05) is 41.9 Å². The molecule has 8 rings (SSSR count). The van der Waals surface area contributed by atoms with Crippen LogP contribution in [0.3, 0.4) is 0 Å². The Kier molecular flexibility index (Phi) is 13.6. The van der Waals surface area contributed by atoms with E-state index in [4.69, 9.17) is 16.3 Å². The summed E-state index contributed by atoms with van der Waals surface area (Å²) in [7, 11) is -4.28. The van der Waals surface area contributed by atoms with Gasteiger partial charge in [0.15, 0.2) is 5.82 Å². The van der Waals surface area contributed by atoms with Crippen molar-refractivity contribution in [2.24, 2.45) is 0 Å². The van der Waals surface area contributed by atoms with Gasteiger partial charge in [-0.15, -0.1) is 11.8 Å². The SMILES string of the molecule is O=[N+]([O-])c1cc(S(=O)(=O)Nc2ncnc3cc(N4CCN(Cc5cnccc5-c5ccc(Cl)cc5)CC4)ccc23)ccc1N[C@H](CCN1CCOCC1)CSc1ccccc1. The van der Waals surface area contributed by atoms with Crippen LogP contribution in [0.2, 0.25) is 5.02 Å². The minimum Gasteiger partial charge on any atom is -0.379 e. The molecule has 2 aliphatic rings. The molecule has 316 valence electrons. The van der Waals surface area contributed by atoms with Crippen molar-refractivity contribution in [2.45, 2.75) is 28.8 Å². The number of ether oxygens (including phenoxy) is 1. The second-order valence-corrected chi connectivity index (χ2v) is 18.2. The molecule has 14 nitrogen and oxygen atoms in total. The highest BCUT2D eigenvalue weighted by atomic mass is 35.5. The fraction of sp³-hybridized carbons (Fsp3) is 0.295. The topological polar surface area (TPSA) is 159 Å². The van der Waals surface area contributed by atoms with Gasteiger partial charge in [-0.3, -0.25) is 29.6 Å². The van der Waals surface area contributed by atoms with Crippen LogP contribution < -0.4 is 14.9 Å². The van der Waals surface area contributed by atoms with Crippen LogP contribution in [-0.4, -0.2) is 109 Å². The van der Waals surface area contributed by atoms with Gasteiger partial charge in [-0.25, -0.2) is 18.4 Å². The van der Waals surface area contributed by atoms with Crippen LogP contribution in [0.25, 0.3) is 22.0 Å². The molecule has 2 aromatic heterocycles. The summed E-state index contributed by atoms with van der Waals surface area (Å²) in [5.41, 5.74) is 4.84. The molecule has 0 amide bonds. The monoisotopic (exact) mass is 879 g/mol. The van der Waals surface area contributed by atoms with Gasteiger partial charge in [0, 0.05) is 104 Å². The van der Waals surface area contributed by atoms with Crippen LogP contribution in [0.1, 0.15) is 12.0 Å². The Morgan fingerprint density at radius 1 is 0.885 bits per heavy atom. The second-order valence-electron chi connectivity index (χ2n) is 15.0. The van der Waals surface area contributed by atoms with E-state index < -0.39 is 14.9 Å². The maximum atomic E-state index is 13.8. The molecule has 0 aliphatic carbocycles. The number of thioether (sulfide) groups is 1. The third kappa shape index (κ3) is 10.8. The molecule has 0 unspecified atom stereocenters. The maximum Gasteiger partial charge on any atom is 0.293 e. The summed E-state index contributed by atoms with van der Waals surface area (Å²) in [6.07, 6.45) is 5.78. The first-order chi connectivity index (χ1) is 29.7. The Bertz CT molecular complexity index is 2560. The van der Waals surface area contributed by atoms with E-state index >= 15 is 0 Å². The van der Waals surface area contributed by atoms with Crippen LogP contribution in [-0.2, 0) is 21.3 Å². The molecule has 2 saturated heterocycles. The molecule has 4 heterocycles. The van der Waals surface area contributed by atoms with Crippen molar-refractivity contribution in [1.29, 1.82) is 0 Å². The van der Waals surface area contributed by atoms with E-state index in [2.05, 4.69) is 39.7 Å². The van der Waals surface area contributed by atoms with Crippen LogP contribution in [0.5, 0.6) is 0 Å². The predicted molar refractivity (Wildman–Crippen MR) is 242 cm³/mol. The lowest BCUT2D eigenvalue weighted by atomic mass is 10.0. The lowest BCUT2D eigenvalue weighted by Crippen LogP contribution is -2.46. The fourth-order valence-corrected chi connectivity index (χ4v) is 9.79. The number of sulfonamides is 1. The Hall–Kier alpha value is -5.36. The number of pyridine rings is 1. The summed E-state index contributed by atoms with van der Waals surface area (Å²) in [6.45, 7) is 7.84. The third-order valence-corrected chi connectivity index (χ3v) is 13.7. The molecule has 0 saturated carbocycles. The molecule has 2 fully saturated rings. The quantitative estimate of drug-likeness (QED) is 0.0555. The summed E-state index contributed by atoms with van der Waals surface area (Å²) < 4.78 is 35.7. The van der Waals surface area contributed by atoms with Gasteiger partial charge in [0.05, 0.1) is 28.5 Å². The first-order valence-electron chi connectivity index (χ1n) is 20.2. The van der Waals surface area contributed by atoms with Gasteiger partial charge < -0.3 is 15.0 Å². The number of piperazine rings is 1. The molecule has 0 bridgehead atoms. The lowest BCUT2D eigenvalue weighted by molar-refractivity contribution is -0.384. The standard InChI is InChI=1S/C44H46ClN9O5S2/c45-34-8-6-32(7-9-34)39-14-16-46-28-33(39)29-52-18-20-53(21-19-52)36-10-12-40-42(26-36)47-31-48-44(40)50-61(57,58)38-11-13-41(43(27-38)54(55)56)49-35(15-17-51-22-24-59-25-23-51)30-60-37-4-2-1-3-5-37/h1-14,16,26-28,31,35,49H,15,17-25,29-30H2,(H,47,48,50)/t35-/m1/s1. The zero-order valence-electron chi connectivity index (χ0n) is 33.4. The van der Waals surface area contributed by atoms with Crippen molar-refractivity contribution in [2.75, 3.05) is 79.7 Å². The molecule has 6 aromatic rings. The first-order valence-corrected chi connectivity index (χ1v) is 23.0. The van der Waals surface area contributed by atoms with Crippen molar-refractivity contribution >= 4 is 67.2 Å². The molecule has 1 atom stereocenters. The Labute approximate surface area is 364 Å². The zero-order valence-corrected chi connectivity index (χ0v) is 35.8. The first kappa shape index (κ1) is 42.3. The normalized spacial score (nSPS) is 15.7. The van der Waals surface area contributed by atoms with Gasteiger partial charge >= 0.3 is 0 Å². The minimum absolute atomic E-state index is 0.0836. The molecule has 61 heavy (non-hydrogen) atoms. The van der Waals surface area contributed by atoms with Crippen molar-refractivity contribution in [3.63, 3.8) is 0 Å². The van der Waals surface area contributed by atoms with Gasteiger partial charge in [-0.05, 0) is 83.8 Å². The number of halogens is 1. The number of hydrogen-bond donors (Lipinski definition) is 2. The highest BCUT2D eigenvalue weighted by Crippen LogP contribution is 2.33. The molecule has 4 aromatic carbocycles. The molecule has 2 N–H and O–H groups in total. The van der Waals surface area contributed by atoms with Gasteiger partial charge in [0.2, 0.25) is 0 Å². The number of morpholine rings is 1. The Morgan fingerprint density at radius 3 is 2.44 bits per heavy atom. The summed E-state index contributed by atoms with van der Waals surface area (Å²) in [5, 5.41) is 17.0. The van der Waals surface area contributed by atoms with Crippen LogP contribution in [0.15, 0.2) is 126 Å². The zero-order chi connectivity index (χ0) is 42.2. The average Bonchev–Trinajstić information content (AvgIpc) is 3.28. The minimum atomic E-state index is -4.28. The van der Waals surface area contributed by atoms with E-state index in [0.29, 0.717) is 34.9 Å². The van der Waals surface area contributed by atoms with Crippen molar-refractivity contribution in [3.8, 4) is 11.1 Å². The van der Waals surface area contributed by atoms with E-state index in [1.54, 1.807) is 11.8 Å². The maximum absolute atomic E-state index is 13.8. The number of nitrogens with zero attached hydrogens (tertiary/aromatic N) is 7. The largest absolute Gasteiger partial charge is 0.379 e. The summed E-state index contributed by atoms with van der Waals surface area (Å²) >= 11 is 7.80. The van der Waals surface area contributed by atoms with Crippen molar-refractivity contribution < 1.29 is 18.1 Å². The summed E-state index contributed by atoms with van der Waals surface area (Å²) in [5.74, 6) is 0.741. The molecule has 17 heteroatoms. The highest BCUT2D eigenvalue weighted by molar-refractivity contribution is 7.99. The van der Waals surface area contributed by atoms with Crippen molar-refractivity contribution in [1.82, 2.24) is 24.8 Å². The van der Waals surface area contributed by atoms with Gasteiger partial charge in [-0.2, -0.15) is 0 Å².